The lowest BCUT2D eigenvalue weighted by molar-refractivity contribution is 0.202. The SMILES string of the molecule is CCC(C)CCCOc1c(O)c2c(OCCO)cccc2oc1=O. The predicted molar refractivity (Wildman–Crippen MR) is 90.9 cm³/mol. The Morgan fingerprint density at radius 1 is 1.25 bits per heavy atom. The summed E-state index contributed by atoms with van der Waals surface area (Å²) in [6.07, 6.45) is 2.87. The van der Waals surface area contributed by atoms with Crippen molar-refractivity contribution in [3.8, 4) is 17.2 Å². The van der Waals surface area contributed by atoms with Crippen LogP contribution in [-0.4, -0.2) is 30.0 Å². The normalized spacial score (nSPS) is 12.3. The summed E-state index contributed by atoms with van der Waals surface area (Å²) in [5.41, 5.74) is -0.511. The van der Waals surface area contributed by atoms with E-state index in [-0.39, 0.29) is 35.7 Å². The van der Waals surface area contributed by atoms with E-state index in [0.29, 0.717) is 18.3 Å². The summed E-state index contributed by atoms with van der Waals surface area (Å²) < 4.78 is 16.1. The first kappa shape index (κ1) is 18.1. The average molecular weight is 336 g/mol. The molecular formula is C18H24O6. The third kappa shape index (κ3) is 4.20. The molecule has 2 N–H and O–H groups in total. The molecule has 24 heavy (non-hydrogen) atoms. The molecule has 0 saturated carbocycles. The zero-order valence-electron chi connectivity index (χ0n) is 14.1. The Hall–Kier alpha value is -2.21. The lowest BCUT2D eigenvalue weighted by atomic mass is 10.0. The van der Waals surface area contributed by atoms with Gasteiger partial charge in [0.25, 0.3) is 0 Å². The van der Waals surface area contributed by atoms with Gasteiger partial charge in [0, 0.05) is 0 Å². The van der Waals surface area contributed by atoms with Gasteiger partial charge in [0.2, 0.25) is 5.75 Å². The Kier molecular flexibility index (Phi) is 6.49. The van der Waals surface area contributed by atoms with Crippen LogP contribution in [0.3, 0.4) is 0 Å². The minimum absolute atomic E-state index is 0.0722. The van der Waals surface area contributed by atoms with Gasteiger partial charge in [-0.1, -0.05) is 26.3 Å². The Balaban J connectivity index is 2.25. The van der Waals surface area contributed by atoms with Gasteiger partial charge < -0.3 is 24.1 Å². The van der Waals surface area contributed by atoms with Gasteiger partial charge in [-0.3, -0.25) is 0 Å². The van der Waals surface area contributed by atoms with Crippen molar-refractivity contribution in [2.45, 2.75) is 33.1 Å². The maximum atomic E-state index is 12.0. The third-order valence-electron chi connectivity index (χ3n) is 3.96. The van der Waals surface area contributed by atoms with Crippen molar-refractivity contribution in [2.24, 2.45) is 5.92 Å². The van der Waals surface area contributed by atoms with Crippen molar-refractivity contribution < 1.29 is 24.1 Å². The summed E-state index contributed by atoms with van der Waals surface area (Å²) in [6, 6.07) is 4.84. The molecule has 2 aromatic rings. The van der Waals surface area contributed by atoms with Crippen LogP contribution < -0.4 is 15.1 Å². The van der Waals surface area contributed by atoms with E-state index in [4.69, 9.17) is 19.0 Å². The van der Waals surface area contributed by atoms with Crippen molar-refractivity contribution in [2.75, 3.05) is 19.8 Å². The molecule has 6 nitrogen and oxygen atoms in total. The summed E-state index contributed by atoms with van der Waals surface area (Å²) in [7, 11) is 0. The minimum atomic E-state index is -0.720. The highest BCUT2D eigenvalue weighted by atomic mass is 16.5. The van der Waals surface area contributed by atoms with E-state index >= 15 is 0 Å². The second-order valence-electron chi connectivity index (χ2n) is 5.77. The fraction of sp³-hybridized carbons (Fsp3) is 0.500. The lowest BCUT2D eigenvalue weighted by Crippen LogP contribution is -2.10. The molecule has 0 aliphatic carbocycles. The van der Waals surface area contributed by atoms with Gasteiger partial charge >= 0.3 is 5.63 Å². The van der Waals surface area contributed by atoms with Gasteiger partial charge in [0.1, 0.15) is 23.3 Å². The fourth-order valence-electron chi connectivity index (χ4n) is 2.40. The molecule has 0 fully saturated rings. The topological polar surface area (TPSA) is 89.1 Å². The molecule has 0 bridgehead atoms. The second kappa shape index (κ2) is 8.59. The molecule has 132 valence electrons. The number of aromatic hydroxyl groups is 1. The zero-order valence-corrected chi connectivity index (χ0v) is 14.1. The highest BCUT2D eigenvalue weighted by Crippen LogP contribution is 2.37. The van der Waals surface area contributed by atoms with E-state index < -0.39 is 5.63 Å². The van der Waals surface area contributed by atoms with Crippen LogP contribution in [0, 0.1) is 5.92 Å². The van der Waals surface area contributed by atoms with Gasteiger partial charge in [-0.25, -0.2) is 4.79 Å². The molecule has 0 aliphatic rings. The zero-order chi connectivity index (χ0) is 17.5. The van der Waals surface area contributed by atoms with Crippen molar-refractivity contribution in [1.29, 1.82) is 0 Å². The molecule has 2 rings (SSSR count). The molecular weight excluding hydrogens is 312 g/mol. The molecule has 0 saturated heterocycles. The Labute approximate surface area is 140 Å². The molecule has 0 radical (unpaired) electrons. The van der Waals surface area contributed by atoms with E-state index in [1.54, 1.807) is 18.2 Å². The van der Waals surface area contributed by atoms with Gasteiger partial charge in [0.15, 0.2) is 5.75 Å². The number of fused-ring (bicyclic) bond motifs is 1. The molecule has 6 heteroatoms. The highest BCUT2D eigenvalue weighted by molar-refractivity contribution is 5.91. The van der Waals surface area contributed by atoms with Crippen molar-refractivity contribution in [3.05, 3.63) is 28.6 Å². The number of aliphatic hydroxyl groups is 1. The Morgan fingerprint density at radius 3 is 2.75 bits per heavy atom. The van der Waals surface area contributed by atoms with Crippen molar-refractivity contribution in [1.82, 2.24) is 0 Å². The van der Waals surface area contributed by atoms with Gasteiger partial charge in [0.05, 0.1) is 13.2 Å². The quantitative estimate of drug-likeness (QED) is 0.540. The molecule has 1 heterocycles. The van der Waals surface area contributed by atoms with Gasteiger partial charge in [-0.05, 0) is 30.9 Å². The number of benzene rings is 1. The lowest BCUT2D eigenvalue weighted by Gasteiger charge is -2.12. The third-order valence-corrected chi connectivity index (χ3v) is 3.96. The first-order valence-electron chi connectivity index (χ1n) is 8.23. The van der Waals surface area contributed by atoms with Crippen molar-refractivity contribution in [3.63, 3.8) is 0 Å². The van der Waals surface area contributed by atoms with Crippen LogP contribution in [0.1, 0.15) is 33.1 Å². The summed E-state index contributed by atoms with van der Waals surface area (Å²) in [6.45, 7) is 4.53. The van der Waals surface area contributed by atoms with Crippen LogP contribution in [0.15, 0.2) is 27.4 Å². The number of aliphatic hydroxyl groups excluding tert-OH is 1. The van der Waals surface area contributed by atoms with E-state index in [9.17, 15) is 9.90 Å². The maximum Gasteiger partial charge on any atom is 0.383 e. The van der Waals surface area contributed by atoms with Crippen LogP contribution in [0.25, 0.3) is 11.0 Å². The Morgan fingerprint density at radius 2 is 2.04 bits per heavy atom. The van der Waals surface area contributed by atoms with Crippen molar-refractivity contribution >= 4 is 11.0 Å². The smallest absolute Gasteiger partial charge is 0.383 e. The molecule has 1 aromatic carbocycles. The number of rotatable bonds is 9. The van der Waals surface area contributed by atoms with E-state index in [1.165, 1.54) is 0 Å². The monoisotopic (exact) mass is 336 g/mol. The molecule has 0 amide bonds. The van der Waals surface area contributed by atoms with E-state index in [0.717, 1.165) is 19.3 Å². The van der Waals surface area contributed by atoms with E-state index in [1.807, 2.05) is 0 Å². The standard InChI is InChI=1S/C18H24O6/c1-3-12(2)6-5-10-23-17-16(20)15-13(22-11-9-19)7-4-8-14(15)24-18(17)21/h4,7-8,12,19-20H,3,5-6,9-11H2,1-2H3. The van der Waals surface area contributed by atoms with Crippen LogP contribution in [0.4, 0.5) is 0 Å². The van der Waals surface area contributed by atoms with Crippen LogP contribution in [0.2, 0.25) is 0 Å². The summed E-state index contributed by atoms with van der Waals surface area (Å²) in [5, 5.41) is 19.6. The van der Waals surface area contributed by atoms with Gasteiger partial charge in [-0.2, -0.15) is 0 Å². The molecule has 0 spiro atoms. The van der Waals surface area contributed by atoms with Gasteiger partial charge in [-0.15, -0.1) is 0 Å². The van der Waals surface area contributed by atoms with Crippen LogP contribution in [0.5, 0.6) is 17.2 Å². The molecule has 0 aliphatic heterocycles. The molecule has 1 atom stereocenters. The minimum Gasteiger partial charge on any atom is -0.503 e. The predicted octanol–water partition coefficient (Wildman–Crippen LogP) is 3.07. The largest absolute Gasteiger partial charge is 0.503 e. The van der Waals surface area contributed by atoms with E-state index in [2.05, 4.69) is 13.8 Å². The summed E-state index contributed by atoms with van der Waals surface area (Å²) in [4.78, 5) is 12.0. The van der Waals surface area contributed by atoms with Crippen LogP contribution >= 0.6 is 0 Å². The summed E-state index contributed by atoms with van der Waals surface area (Å²) in [5.74, 6) is 0.422. The first-order valence-corrected chi connectivity index (χ1v) is 8.23. The maximum absolute atomic E-state index is 12.0. The molecule has 1 aromatic heterocycles. The number of hydrogen-bond donors (Lipinski definition) is 2. The first-order chi connectivity index (χ1) is 11.6. The highest BCUT2D eigenvalue weighted by Gasteiger charge is 2.19. The fourth-order valence-corrected chi connectivity index (χ4v) is 2.40. The average Bonchev–Trinajstić information content (AvgIpc) is 2.58. The Bertz CT molecular complexity index is 721. The number of ether oxygens (including phenoxy) is 2. The second-order valence-corrected chi connectivity index (χ2v) is 5.77. The van der Waals surface area contributed by atoms with Crippen LogP contribution in [-0.2, 0) is 0 Å². The number of hydrogen-bond acceptors (Lipinski definition) is 6. The molecule has 1 unspecified atom stereocenters. The summed E-state index contributed by atoms with van der Waals surface area (Å²) >= 11 is 0.